The molecular weight excluding hydrogens is 368 g/mol. The average molecular weight is 386 g/mol. The SMILES string of the molecule is O=C(Cc1ccc2c(c1)CCO2)Nc1ccccc1-c1nc2ccccc2s1. The Hall–Kier alpha value is -3.18. The fourth-order valence-electron chi connectivity index (χ4n) is 3.50. The monoisotopic (exact) mass is 386 g/mol. The zero-order valence-electron chi connectivity index (χ0n) is 15.1. The quantitative estimate of drug-likeness (QED) is 0.532. The molecular formula is C23H18N2O2S. The van der Waals surface area contributed by atoms with Gasteiger partial charge in [-0.05, 0) is 41.5 Å². The van der Waals surface area contributed by atoms with Gasteiger partial charge in [0.1, 0.15) is 10.8 Å². The number of ether oxygens (including phenoxy) is 1. The summed E-state index contributed by atoms with van der Waals surface area (Å²) in [6.45, 7) is 0.723. The van der Waals surface area contributed by atoms with Crippen molar-refractivity contribution in [2.24, 2.45) is 0 Å². The van der Waals surface area contributed by atoms with Gasteiger partial charge in [-0.25, -0.2) is 4.98 Å². The lowest BCUT2D eigenvalue weighted by molar-refractivity contribution is -0.115. The Morgan fingerprint density at radius 1 is 1.07 bits per heavy atom. The van der Waals surface area contributed by atoms with E-state index in [0.717, 1.165) is 50.8 Å². The molecule has 1 aliphatic rings. The number of aromatic nitrogens is 1. The molecule has 28 heavy (non-hydrogen) atoms. The van der Waals surface area contributed by atoms with Gasteiger partial charge in [0.15, 0.2) is 0 Å². The van der Waals surface area contributed by atoms with Crippen molar-refractivity contribution in [3.05, 3.63) is 77.9 Å². The summed E-state index contributed by atoms with van der Waals surface area (Å²) in [6, 6.07) is 21.9. The summed E-state index contributed by atoms with van der Waals surface area (Å²) in [4.78, 5) is 17.4. The summed E-state index contributed by atoms with van der Waals surface area (Å²) in [5, 5.41) is 3.98. The largest absolute Gasteiger partial charge is 0.493 e. The van der Waals surface area contributed by atoms with Gasteiger partial charge in [-0.3, -0.25) is 4.79 Å². The van der Waals surface area contributed by atoms with Gasteiger partial charge < -0.3 is 10.1 Å². The van der Waals surface area contributed by atoms with Crippen molar-refractivity contribution in [3.8, 4) is 16.3 Å². The number of benzene rings is 3. The molecule has 0 saturated heterocycles. The molecule has 2 heterocycles. The zero-order valence-corrected chi connectivity index (χ0v) is 16.0. The second kappa shape index (κ2) is 7.09. The third-order valence-corrected chi connectivity index (χ3v) is 5.91. The van der Waals surface area contributed by atoms with Crippen molar-refractivity contribution in [1.82, 2.24) is 4.98 Å². The summed E-state index contributed by atoms with van der Waals surface area (Å²) < 4.78 is 6.68. The Kier molecular flexibility index (Phi) is 4.29. The van der Waals surface area contributed by atoms with E-state index in [2.05, 4.69) is 17.4 Å². The van der Waals surface area contributed by atoms with Crippen LogP contribution in [0.1, 0.15) is 11.1 Å². The third kappa shape index (κ3) is 3.25. The number of amides is 1. The Bertz CT molecular complexity index is 1150. The van der Waals surface area contributed by atoms with Gasteiger partial charge in [-0.1, -0.05) is 36.4 Å². The normalized spacial score (nSPS) is 12.6. The van der Waals surface area contributed by atoms with Gasteiger partial charge >= 0.3 is 0 Å². The smallest absolute Gasteiger partial charge is 0.228 e. The molecule has 3 aromatic carbocycles. The van der Waals surface area contributed by atoms with Crippen molar-refractivity contribution >= 4 is 33.1 Å². The van der Waals surface area contributed by atoms with Crippen molar-refractivity contribution in [2.75, 3.05) is 11.9 Å². The van der Waals surface area contributed by atoms with Crippen LogP contribution < -0.4 is 10.1 Å². The van der Waals surface area contributed by atoms with Gasteiger partial charge in [-0.2, -0.15) is 0 Å². The predicted molar refractivity (Wildman–Crippen MR) is 113 cm³/mol. The number of thiazole rings is 1. The topological polar surface area (TPSA) is 51.2 Å². The van der Waals surface area contributed by atoms with Crippen LogP contribution in [0.25, 0.3) is 20.8 Å². The number of nitrogens with one attached hydrogen (secondary N) is 1. The summed E-state index contributed by atoms with van der Waals surface area (Å²) in [7, 11) is 0. The average Bonchev–Trinajstić information content (AvgIpc) is 3.34. The van der Waals surface area contributed by atoms with Gasteiger partial charge in [0.25, 0.3) is 0 Å². The highest BCUT2D eigenvalue weighted by molar-refractivity contribution is 7.21. The Balaban J connectivity index is 1.39. The fourth-order valence-corrected chi connectivity index (χ4v) is 4.50. The molecule has 1 amide bonds. The van der Waals surface area contributed by atoms with E-state index in [-0.39, 0.29) is 5.91 Å². The Morgan fingerprint density at radius 2 is 1.93 bits per heavy atom. The Labute approximate surface area is 166 Å². The standard InChI is InChI=1S/C23H18N2O2S/c26-22(14-15-9-10-20-16(13-15)11-12-27-20)24-18-6-2-1-5-17(18)23-25-19-7-3-4-8-21(19)28-23/h1-10,13H,11-12,14H2,(H,24,26). The van der Waals surface area contributed by atoms with Gasteiger partial charge in [0.2, 0.25) is 5.91 Å². The van der Waals surface area contributed by atoms with Crippen LogP contribution in [-0.4, -0.2) is 17.5 Å². The van der Waals surface area contributed by atoms with Crippen LogP contribution in [0.5, 0.6) is 5.75 Å². The highest BCUT2D eigenvalue weighted by Crippen LogP contribution is 2.34. The second-order valence-electron chi connectivity index (χ2n) is 6.80. The van der Waals surface area contributed by atoms with Crippen LogP contribution in [0.4, 0.5) is 5.69 Å². The minimum Gasteiger partial charge on any atom is -0.493 e. The summed E-state index contributed by atoms with van der Waals surface area (Å²) in [5.41, 5.74) is 4.89. The maximum atomic E-state index is 12.7. The first-order chi connectivity index (χ1) is 13.8. The van der Waals surface area contributed by atoms with Crippen molar-refractivity contribution in [2.45, 2.75) is 12.8 Å². The van der Waals surface area contributed by atoms with Gasteiger partial charge in [0.05, 0.1) is 28.9 Å². The van der Waals surface area contributed by atoms with Crippen LogP contribution in [0, 0.1) is 0 Å². The van der Waals surface area contributed by atoms with Crippen LogP contribution in [-0.2, 0) is 17.6 Å². The molecule has 0 spiro atoms. The first-order valence-corrected chi connectivity index (χ1v) is 10.1. The highest BCUT2D eigenvalue weighted by atomic mass is 32.1. The molecule has 0 unspecified atom stereocenters. The summed E-state index contributed by atoms with van der Waals surface area (Å²) in [5.74, 6) is 0.901. The van der Waals surface area contributed by atoms with Crippen LogP contribution in [0.3, 0.4) is 0 Å². The number of rotatable bonds is 4. The van der Waals surface area contributed by atoms with Gasteiger partial charge in [0, 0.05) is 12.0 Å². The zero-order chi connectivity index (χ0) is 18.9. The molecule has 0 saturated carbocycles. The van der Waals surface area contributed by atoms with E-state index in [1.807, 2.05) is 54.6 Å². The number of carbonyl (C=O) groups excluding carboxylic acids is 1. The molecule has 0 atom stereocenters. The predicted octanol–water partition coefficient (Wildman–Crippen LogP) is 5.08. The van der Waals surface area contributed by atoms with E-state index in [9.17, 15) is 4.79 Å². The lowest BCUT2D eigenvalue weighted by Gasteiger charge is -2.10. The molecule has 5 heteroatoms. The van der Waals surface area contributed by atoms with Crippen LogP contribution in [0.15, 0.2) is 66.7 Å². The molecule has 0 fully saturated rings. The second-order valence-corrected chi connectivity index (χ2v) is 7.83. The lowest BCUT2D eigenvalue weighted by atomic mass is 10.1. The van der Waals surface area contributed by atoms with Crippen LogP contribution >= 0.6 is 11.3 Å². The number of hydrogen-bond acceptors (Lipinski definition) is 4. The molecule has 1 aromatic heterocycles. The van der Waals surface area contributed by atoms with E-state index in [1.165, 1.54) is 5.56 Å². The van der Waals surface area contributed by atoms with Crippen molar-refractivity contribution in [1.29, 1.82) is 0 Å². The number of fused-ring (bicyclic) bond motifs is 2. The van der Waals surface area contributed by atoms with Gasteiger partial charge in [-0.15, -0.1) is 11.3 Å². The number of hydrogen-bond donors (Lipinski definition) is 1. The van der Waals surface area contributed by atoms with Crippen molar-refractivity contribution < 1.29 is 9.53 Å². The summed E-state index contributed by atoms with van der Waals surface area (Å²) in [6.07, 6.45) is 1.24. The molecule has 4 aromatic rings. The van der Waals surface area contributed by atoms with E-state index in [4.69, 9.17) is 9.72 Å². The van der Waals surface area contributed by atoms with Crippen molar-refractivity contribution in [3.63, 3.8) is 0 Å². The Morgan fingerprint density at radius 3 is 2.86 bits per heavy atom. The maximum Gasteiger partial charge on any atom is 0.228 e. The molecule has 5 rings (SSSR count). The minimum absolute atomic E-state index is 0.0348. The molecule has 138 valence electrons. The fraction of sp³-hybridized carbons (Fsp3) is 0.130. The molecule has 1 aliphatic heterocycles. The number of carbonyl (C=O) groups is 1. The molecule has 0 radical (unpaired) electrons. The third-order valence-electron chi connectivity index (χ3n) is 4.84. The van der Waals surface area contributed by atoms with E-state index >= 15 is 0 Å². The summed E-state index contributed by atoms with van der Waals surface area (Å²) >= 11 is 1.63. The van der Waals surface area contributed by atoms with Crippen LogP contribution in [0.2, 0.25) is 0 Å². The first-order valence-electron chi connectivity index (χ1n) is 9.26. The maximum absolute atomic E-state index is 12.7. The highest BCUT2D eigenvalue weighted by Gasteiger charge is 2.15. The molecule has 0 bridgehead atoms. The minimum atomic E-state index is -0.0348. The number of nitrogens with zero attached hydrogens (tertiary/aromatic N) is 1. The number of anilines is 1. The van der Waals surface area contributed by atoms with E-state index < -0.39 is 0 Å². The molecule has 0 aliphatic carbocycles. The van der Waals surface area contributed by atoms with E-state index in [0.29, 0.717) is 6.42 Å². The first kappa shape index (κ1) is 17.0. The molecule has 1 N–H and O–H groups in total. The van der Waals surface area contributed by atoms with E-state index in [1.54, 1.807) is 11.3 Å². The number of para-hydroxylation sites is 2. The lowest BCUT2D eigenvalue weighted by Crippen LogP contribution is -2.15. The molecule has 4 nitrogen and oxygen atoms in total.